The third-order valence-electron chi connectivity index (χ3n) is 4.32. The topological polar surface area (TPSA) is 120 Å². The van der Waals surface area contributed by atoms with Crippen molar-refractivity contribution in [2.45, 2.75) is 70.1 Å². The number of aliphatic hydroxyl groups is 5. The standard InChI is InChI=1S/C20H34O7/c1-2-3-4-5-6-11-27-16-9-7-15(8-10-16)13-26-14-18(23)20(25)19(24)17(22)12-21/h7-10,17-25H,2-6,11-14H2,1H3. The molecule has 0 aliphatic heterocycles. The molecule has 0 aliphatic rings. The Morgan fingerprint density at radius 2 is 1.48 bits per heavy atom. The molecule has 156 valence electrons. The zero-order valence-electron chi connectivity index (χ0n) is 16.0. The van der Waals surface area contributed by atoms with Gasteiger partial charge >= 0.3 is 0 Å². The van der Waals surface area contributed by atoms with Gasteiger partial charge in [0.2, 0.25) is 0 Å². The number of hydrogen-bond donors (Lipinski definition) is 5. The van der Waals surface area contributed by atoms with E-state index in [1.54, 1.807) is 0 Å². The van der Waals surface area contributed by atoms with Crippen molar-refractivity contribution < 1.29 is 35.0 Å². The summed E-state index contributed by atoms with van der Waals surface area (Å²) in [5, 5.41) is 47.0. The fourth-order valence-corrected chi connectivity index (χ4v) is 2.54. The molecule has 0 saturated heterocycles. The Kier molecular flexibility index (Phi) is 12.2. The van der Waals surface area contributed by atoms with Gasteiger partial charge in [0.05, 0.1) is 26.4 Å². The number of ether oxygens (including phenoxy) is 2. The van der Waals surface area contributed by atoms with Crippen LogP contribution in [0.1, 0.15) is 44.6 Å². The van der Waals surface area contributed by atoms with Crippen molar-refractivity contribution in [1.29, 1.82) is 0 Å². The smallest absolute Gasteiger partial charge is 0.119 e. The molecule has 0 fully saturated rings. The van der Waals surface area contributed by atoms with Crippen LogP contribution in [0.4, 0.5) is 0 Å². The van der Waals surface area contributed by atoms with Gasteiger partial charge < -0.3 is 35.0 Å². The molecule has 0 bridgehead atoms. The van der Waals surface area contributed by atoms with Crippen molar-refractivity contribution in [3.63, 3.8) is 0 Å². The van der Waals surface area contributed by atoms with Gasteiger partial charge in [-0.3, -0.25) is 0 Å². The summed E-state index contributed by atoms with van der Waals surface area (Å²) in [6, 6.07) is 7.44. The van der Waals surface area contributed by atoms with Crippen molar-refractivity contribution in [2.24, 2.45) is 0 Å². The molecular weight excluding hydrogens is 352 g/mol. The predicted octanol–water partition coefficient (Wildman–Crippen LogP) is 0.988. The fraction of sp³-hybridized carbons (Fsp3) is 0.700. The van der Waals surface area contributed by atoms with Gasteiger partial charge in [0, 0.05) is 0 Å². The van der Waals surface area contributed by atoms with E-state index < -0.39 is 31.0 Å². The van der Waals surface area contributed by atoms with Gasteiger partial charge in [0.15, 0.2) is 0 Å². The van der Waals surface area contributed by atoms with Gasteiger partial charge in [0.25, 0.3) is 0 Å². The highest BCUT2D eigenvalue weighted by atomic mass is 16.5. The Bertz CT molecular complexity index is 480. The summed E-state index contributed by atoms with van der Waals surface area (Å²) in [6.45, 7) is 2.19. The minimum atomic E-state index is -1.65. The van der Waals surface area contributed by atoms with Crippen LogP contribution in [0.15, 0.2) is 24.3 Å². The average molecular weight is 386 g/mol. The second-order valence-electron chi connectivity index (χ2n) is 6.72. The molecule has 1 aromatic carbocycles. The number of unbranched alkanes of at least 4 members (excludes halogenated alkanes) is 4. The number of rotatable bonds is 15. The minimum absolute atomic E-state index is 0.216. The minimum Gasteiger partial charge on any atom is -0.494 e. The molecule has 0 spiro atoms. The third kappa shape index (κ3) is 9.51. The SMILES string of the molecule is CCCCCCCOc1ccc(COCC(O)C(O)C(O)C(O)CO)cc1. The molecule has 4 atom stereocenters. The normalized spacial score (nSPS) is 15.9. The maximum atomic E-state index is 9.78. The Balaban J connectivity index is 2.25. The van der Waals surface area contributed by atoms with E-state index in [0.29, 0.717) is 6.61 Å². The lowest BCUT2D eigenvalue weighted by Crippen LogP contribution is -2.47. The number of benzene rings is 1. The molecule has 5 N–H and O–H groups in total. The van der Waals surface area contributed by atoms with Crippen molar-refractivity contribution in [1.82, 2.24) is 0 Å². The van der Waals surface area contributed by atoms with Crippen LogP contribution in [-0.2, 0) is 11.3 Å². The van der Waals surface area contributed by atoms with E-state index in [1.807, 2.05) is 24.3 Å². The fourth-order valence-electron chi connectivity index (χ4n) is 2.54. The van der Waals surface area contributed by atoms with Crippen LogP contribution in [0, 0.1) is 0 Å². The first-order valence-electron chi connectivity index (χ1n) is 9.62. The molecule has 0 aliphatic carbocycles. The van der Waals surface area contributed by atoms with Crippen LogP contribution in [0.25, 0.3) is 0 Å². The Morgan fingerprint density at radius 3 is 2.11 bits per heavy atom. The summed E-state index contributed by atoms with van der Waals surface area (Å²) in [5.41, 5.74) is 0.878. The van der Waals surface area contributed by atoms with Crippen LogP contribution in [0.2, 0.25) is 0 Å². The lowest BCUT2D eigenvalue weighted by atomic mass is 10.0. The van der Waals surface area contributed by atoms with E-state index >= 15 is 0 Å². The average Bonchev–Trinajstić information content (AvgIpc) is 2.69. The summed E-state index contributed by atoms with van der Waals surface area (Å²) >= 11 is 0. The largest absolute Gasteiger partial charge is 0.494 e. The van der Waals surface area contributed by atoms with Gasteiger partial charge in [-0.2, -0.15) is 0 Å². The molecular formula is C20H34O7. The van der Waals surface area contributed by atoms with Crippen LogP contribution in [0.3, 0.4) is 0 Å². The lowest BCUT2D eigenvalue weighted by molar-refractivity contribution is -0.130. The molecule has 7 nitrogen and oxygen atoms in total. The summed E-state index contributed by atoms with van der Waals surface area (Å²) < 4.78 is 11.0. The van der Waals surface area contributed by atoms with Crippen molar-refractivity contribution in [3.05, 3.63) is 29.8 Å². The zero-order valence-corrected chi connectivity index (χ0v) is 16.0. The zero-order chi connectivity index (χ0) is 20.1. The van der Waals surface area contributed by atoms with Crippen molar-refractivity contribution in [3.8, 4) is 5.75 Å². The molecule has 7 heteroatoms. The van der Waals surface area contributed by atoms with Gasteiger partial charge in [-0.05, 0) is 24.1 Å². The van der Waals surface area contributed by atoms with Gasteiger partial charge in [-0.25, -0.2) is 0 Å². The highest BCUT2D eigenvalue weighted by molar-refractivity contribution is 5.26. The maximum absolute atomic E-state index is 9.78. The van der Waals surface area contributed by atoms with Crippen LogP contribution in [-0.4, -0.2) is 69.8 Å². The Hall–Kier alpha value is -1.22. The van der Waals surface area contributed by atoms with E-state index in [0.717, 1.165) is 17.7 Å². The monoisotopic (exact) mass is 386 g/mol. The van der Waals surface area contributed by atoms with Crippen molar-refractivity contribution in [2.75, 3.05) is 19.8 Å². The molecule has 0 aromatic heterocycles. The van der Waals surface area contributed by atoms with E-state index in [1.165, 1.54) is 25.7 Å². The first-order chi connectivity index (χ1) is 13.0. The highest BCUT2D eigenvalue weighted by Crippen LogP contribution is 2.14. The number of aliphatic hydroxyl groups excluding tert-OH is 5. The molecule has 0 amide bonds. The lowest BCUT2D eigenvalue weighted by Gasteiger charge is -2.25. The second-order valence-corrected chi connectivity index (χ2v) is 6.72. The summed E-state index contributed by atoms with van der Waals surface area (Å²) in [6.07, 6.45) is -0.197. The molecule has 4 unspecified atom stereocenters. The number of hydrogen-bond acceptors (Lipinski definition) is 7. The quantitative estimate of drug-likeness (QED) is 0.285. The summed E-state index contributed by atoms with van der Waals surface area (Å²) in [4.78, 5) is 0. The first-order valence-corrected chi connectivity index (χ1v) is 9.62. The van der Waals surface area contributed by atoms with Gasteiger partial charge in [0.1, 0.15) is 30.2 Å². The molecule has 0 saturated carbocycles. The summed E-state index contributed by atoms with van der Waals surface area (Å²) in [5.74, 6) is 0.797. The van der Waals surface area contributed by atoms with Crippen molar-refractivity contribution >= 4 is 0 Å². The van der Waals surface area contributed by atoms with Crippen LogP contribution in [0.5, 0.6) is 5.75 Å². The Morgan fingerprint density at radius 1 is 0.852 bits per heavy atom. The molecule has 0 heterocycles. The Labute approximate surface area is 161 Å². The first kappa shape index (κ1) is 23.8. The molecule has 1 rings (SSSR count). The second kappa shape index (κ2) is 13.9. The van der Waals surface area contributed by atoms with E-state index in [-0.39, 0.29) is 13.2 Å². The predicted molar refractivity (Wildman–Crippen MR) is 101 cm³/mol. The van der Waals surface area contributed by atoms with E-state index in [4.69, 9.17) is 14.6 Å². The van der Waals surface area contributed by atoms with Crippen LogP contribution >= 0.6 is 0 Å². The van der Waals surface area contributed by atoms with Crippen LogP contribution < -0.4 is 4.74 Å². The van der Waals surface area contributed by atoms with E-state index in [9.17, 15) is 20.4 Å². The summed E-state index contributed by atoms with van der Waals surface area (Å²) in [7, 11) is 0. The highest BCUT2D eigenvalue weighted by Gasteiger charge is 2.29. The molecule has 1 aromatic rings. The van der Waals surface area contributed by atoms with Gasteiger partial charge in [-0.1, -0.05) is 44.7 Å². The third-order valence-corrected chi connectivity index (χ3v) is 4.32. The van der Waals surface area contributed by atoms with E-state index in [2.05, 4.69) is 6.92 Å². The van der Waals surface area contributed by atoms with Gasteiger partial charge in [-0.15, -0.1) is 0 Å². The molecule has 27 heavy (non-hydrogen) atoms. The maximum Gasteiger partial charge on any atom is 0.119 e. The molecule has 0 radical (unpaired) electrons.